The fourth-order valence-electron chi connectivity index (χ4n) is 2.37. The van der Waals surface area contributed by atoms with E-state index in [1.165, 1.54) is 0 Å². The van der Waals surface area contributed by atoms with Crippen LogP contribution in [0.2, 0.25) is 0 Å². The molecular weight excluding hydrogens is 371 g/mol. The standard InChI is InChI=1S/C20H24F3N3O2/c1-24-19(26-12-16-7-9-18(27-2)10-8-16)25-11-15-3-5-17(6-4-15)13-28-14-20(21,22)23/h3-10H,11-14H2,1-2H3,(H2,24,25,26). The Hall–Kier alpha value is -2.74. The van der Waals surface area contributed by atoms with E-state index in [-0.39, 0.29) is 6.61 Å². The van der Waals surface area contributed by atoms with Gasteiger partial charge in [-0.3, -0.25) is 4.99 Å². The van der Waals surface area contributed by atoms with Crippen LogP contribution in [0.5, 0.6) is 5.75 Å². The van der Waals surface area contributed by atoms with E-state index in [1.54, 1.807) is 26.3 Å². The van der Waals surface area contributed by atoms with Crippen LogP contribution < -0.4 is 15.4 Å². The van der Waals surface area contributed by atoms with Crippen LogP contribution in [0, 0.1) is 0 Å². The number of hydrogen-bond acceptors (Lipinski definition) is 3. The summed E-state index contributed by atoms with van der Waals surface area (Å²) in [6.45, 7) is -0.171. The van der Waals surface area contributed by atoms with Crippen LogP contribution in [-0.2, 0) is 24.4 Å². The Morgan fingerprint density at radius 1 is 0.893 bits per heavy atom. The number of alkyl halides is 3. The highest BCUT2D eigenvalue weighted by Gasteiger charge is 2.27. The summed E-state index contributed by atoms with van der Waals surface area (Å²) < 4.78 is 46.0. The van der Waals surface area contributed by atoms with Crippen molar-refractivity contribution in [3.05, 3.63) is 65.2 Å². The van der Waals surface area contributed by atoms with Gasteiger partial charge in [0.2, 0.25) is 0 Å². The molecule has 0 bridgehead atoms. The molecule has 8 heteroatoms. The third-order valence-corrected chi connectivity index (χ3v) is 3.86. The molecule has 0 aliphatic carbocycles. The Morgan fingerprint density at radius 3 is 1.86 bits per heavy atom. The number of nitrogens with zero attached hydrogens (tertiary/aromatic N) is 1. The van der Waals surface area contributed by atoms with E-state index in [0.717, 1.165) is 16.9 Å². The number of rotatable bonds is 8. The molecule has 2 rings (SSSR count). The number of nitrogens with one attached hydrogen (secondary N) is 2. The molecule has 0 aromatic heterocycles. The maximum absolute atomic E-state index is 12.1. The Bertz CT molecular complexity index is 745. The first kappa shape index (κ1) is 21.6. The average Bonchev–Trinajstić information content (AvgIpc) is 2.68. The van der Waals surface area contributed by atoms with Crippen molar-refractivity contribution < 1.29 is 22.6 Å². The van der Waals surface area contributed by atoms with Gasteiger partial charge in [-0.25, -0.2) is 0 Å². The van der Waals surface area contributed by atoms with Gasteiger partial charge in [0.15, 0.2) is 5.96 Å². The van der Waals surface area contributed by atoms with Gasteiger partial charge in [0.05, 0.1) is 13.7 Å². The van der Waals surface area contributed by atoms with Crippen LogP contribution in [0.1, 0.15) is 16.7 Å². The number of hydrogen-bond donors (Lipinski definition) is 2. The SMILES string of the molecule is CN=C(NCc1ccc(COCC(F)(F)F)cc1)NCc1ccc(OC)cc1. The van der Waals surface area contributed by atoms with Gasteiger partial charge in [0.1, 0.15) is 12.4 Å². The lowest BCUT2D eigenvalue weighted by Crippen LogP contribution is -2.36. The quantitative estimate of drug-likeness (QED) is 0.529. The first-order chi connectivity index (χ1) is 13.4. The van der Waals surface area contributed by atoms with Crippen molar-refractivity contribution in [1.82, 2.24) is 10.6 Å². The molecule has 2 aromatic carbocycles. The van der Waals surface area contributed by atoms with Gasteiger partial charge in [-0.2, -0.15) is 13.2 Å². The highest BCUT2D eigenvalue weighted by molar-refractivity contribution is 5.79. The van der Waals surface area contributed by atoms with Gasteiger partial charge < -0.3 is 20.1 Å². The van der Waals surface area contributed by atoms with Crippen molar-refractivity contribution in [1.29, 1.82) is 0 Å². The summed E-state index contributed by atoms with van der Waals surface area (Å²) in [5.41, 5.74) is 2.76. The Labute approximate surface area is 162 Å². The zero-order valence-electron chi connectivity index (χ0n) is 15.8. The fraction of sp³-hybridized carbons (Fsp3) is 0.350. The predicted molar refractivity (Wildman–Crippen MR) is 102 cm³/mol. The molecule has 0 saturated heterocycles. The minimum Gasteiger partial charge on any atom is -0.497 e. The van der Waals surface area contributed by atoms with Crippen molar-refractivity contribution in [2.75, 3.05) is 20.8 Å². The molecule has 152 valence electrons. The van der Waals surface area contributed by atoms with E-state index in [0.29, 0.717) is 24.6 Å². The molecule has 0 radical (unpaired) electrons. The normalized spacial score (nSPS) is 12.0. The number of halogens is 3. The lowest BCUT2D eigenvalue weighted by atomic mass is 10.1. The number of methoxy groups -OCH3 is 1. The highest BCUT2D eigenvalue weighted by Crippen LogP contribution is 2.16. The van der Waals surface area contributed by atoms with Crippen LogP contribution in [-0.4, -0.2) is 32.9 Å². The number of guanidine groups is 1. The summed E-state index contributed by atoms with van der Waals surface area (Å²) in [4.78, 5) is 4.18. The van der Waals surface area contributed by atoms with Crippen LogP contribution in [0.15, 0.2) is 53.5 Å². The predicted octanol–water partition coefficient (Wildman–Crippen LogP) is 3.64. The average molecular weight is 395 g/mol. The molecular formula is C20H24F3N3O2. The van der Waals surface area contributed by atoms with Gasteiger partial charge in [0, 0.05) is 20.1 Å². The summed E-state index contributed by atoms with van der Waals surface area (Å²) in [6, 6.07) is 14.9. The molecule has 0 aliphatic rings. The van der Waals surface area contributed by atoms with E-state index in [9.17, 15) is 13.2 Å². The van der Waals surface area contributed by atoms with E-state index in [4.69, 9.17) is 4.74 Å². The zero-order valence-corrected chi connectivity index (χ0v) is 15.8. The molecule has 0 heterocycles. The molecule has 0 aliphatic heterocycles. The number of benzene rings is 2. The molecule has 0 spiro atoms. The fourth-order valence-corrected chi connectivity index (χ4v) is 2.37. The summed E-state index contributed by atoms with van der Waals surface area (Å²) in [5.74, 6) is 1.45. The topological polar surface area (TPSA) is 54.9 Å². The molecule has 2 aromatic rings. The van der Waals surface area contributed by atoms with Gasteiger partial charge in [0.25, 0.3) is 0 Å². The maximum atomic E-state index is 12.1. The lowest BCUT2D eigenvalue weighted by molar-refractivity contribution is -0.176. The van der Waals surface area contributed by atoms with Crippen molar-refractivity contribution >= 4 is 5.96 Å². The van der Waals surface area contributed by atoms with Gasteiger partial charge >= 0.3 is 6.18 Å². The first-order valence-electron chi connectivity index (χ1n) is 8.69. The molecule has 0 unspecified atom stereocenters. The third kappa shape index (κ3) is 7.87. The second-order valence-electron chi connectivity index (χ2n) is 6.05. The Balaban J connectivity index is 1.76. The summed E-state index contributed by atoms with van der Waals surface area (Å²) in [7, 11) is 3.31. The van der Waals surface area contributed by atoms with Crippen LogP contribution in [0.25, 0.3) is 0 Å². The second kappa shape index (κ2) is 10.6. The molecule has 28 heavy (non-hydrogen) atoms. The maximum Gasteiger partial charge on any atom is 0.411 e. The van der Waals surface area contributed by atoms with Crippen molar-refractivity contribution in [2.24, 2.45) is 4.99 Å². The zero-order chi connectivity index (χ0) is 20.4. The van der Waals surface area contributed by atoms with Crippen molar-refractivity contribution in [2.45, 2.75) is 25.9 Å². The van der Waals surface area contributed by atoms with E-state index < -0.39 is 12.8 Å². The monoisotopic (exact) mass is 395 g/mol. The minimum absolute atomic E-state index is 0.0711. The van der Waals surface area contributed by atoms with Gasteiger partial charge in [-0.05, 0) is 28.8 Å². The van der Waals surface area contributed by atoms with E-state index >= 15 is 0 Å². The smallest absolute Gasteiger partial charge is 0.411 e. The first-order valence-corrected chi connectivity index (χ1v) is 8.69. The number of ether oxygens (including phenoxy) is 2. The Morgan fingerprint density at radius 2 is 1.39 bits per heavy atom. The highest BCUT2D eigenvalue weighted by atomic mass is 19.4. The summed E-state index contributed by atoms with van der Waals surface area (Å²) >= 11 is 0. The molecule has 0 saturated carbocycles. The number of aliphatic imine (C=N–C) groups is 1. The second-order valence-corrected chi connectivity index (χ2v) is 6.05. The third-order valence-electron chi connectivity index (χ3n) is 3.86. The Kier molecular flexibility index (Phi) is 8.13. The summed E-state index contributed by atoms with van der Waals surface area (Å²) in [6.07, 6.45) is -4.31. The molecule has 0 fully saturated rings. The molecule has 0 atom stereocenters. The van der Waals surface area contributed by atoms with Crippen LogP contribution >= 0.6 is 0 Å². The largest absolute Gasteiger partial charge is 0.497 e. The van der Waals surface area contributed by atoms with Crippen LogP contribution in [0.4, 0.5) is 13.2 Å². The van der Waals surface area contributed by atoms with Gasteiger partial charge in [-0.15, -0.1) is 0 Å². The van der Waals surface area contributed by atoms with Crippen molar-refractivity contribution in [3.8, 4) is 5.75 Å². The lowest BCUT2D eigenvalue weighted by Gasteiger charge is -2.13. The van der Waals surface area contributed by atoms with E-state index in [1.807, 2.05) is 36.4 Å². The van der Waals surface area contributed by atoms with E-state index in [2.05, 4.69) is 20.4 Å². The van der Waals surface area contributed by atoms with Gasteiger partial charge in [-0.1, -0.05) is 36.4 Å². The molecule has 5 nitrogen and oxygen atoms in total. The van der Waals surface area contributed by atoms with Crippen molar-refractivity contribution in [3.63, 3.8) is 0 Å². The molecule has 2 N–H and O–H groups in total. The molecule has 0 amide bonds. The summed E-state index contributed by atoms with van der Waals surface area (Å²) in [5, 5.41) is 6.41. The van der Waals surface area contributed by atoms with Crippen LogP contribution in [0.3, 0.4) is 0 Å². The minimum atomic E-state index is -4.31.